The lowest BCUT2D eigenvalue weighted by molar-refractivity contribution is 0.748. The first-order chi connectivity index (χ1) is 10.1. The van der Waals surface area contributed by atoms with E-state index < -0.39 is 0 Å². The second-order valence-electron chi connectivity index (χ2n) is 4.83. The van der Waals surface area contributed by atoms with Crippen LogP contribution in [0.5, 0.6) is 0 Å². The van der Waals surface area contributed by atoms with Crippen LogP contribution in [0.4, 0.5) is 5.69 Å². The zero-order chi connectivity index (χ0) is 15.2. The number of benzene rings is 1. The molecule has 21 heavy (non-hydrogen) atoms. The standard InChI is InChI=1S/C17H17N3O/c1-13-5-10-16(19)17(21)20(13)11-3-2-4-14-6-8-15(12-18)9-7-14/h2-3,5-10H,4,11,19H2,1H3. The Labute approximate surface area is 123 Å². The molecule has 0 atom stereocenters. The lowest BCUT2D eigenvalue weighted by atomic mass is 10.1. The SMILES string of the molecule is Cc1ccc(N)c(=O)n1CC=CCc1ccc(C#N)cc1. The highest BCUT2D eigenvalue weighted by Crippen LogP contribution is 2.05. The van der Waals surface area contributed by atoms with Gasteiger partial charge in [0.1, 0.15) is 0 Å². The van der Waals surface area contributed by atoms with Crippen molar-refractivity contribution in [3.8, 4) is 6.07 Å². The van der Waals surface area contributed by atoms with Gasteiger partial charge < -0.3 is 10.3 Å². The van der Waals surface area contributed by atoms with Crippen molar-refractivity contribution in [2.24, 2.45) is 0 Å². The second kappa shape index (κ2) is 6.58. The van der Waals surface area contributed by atoms with Gasteiger partial charge in [-0.25, -0.2) is 0 Å². The summed E-state index contributed by atoms with van der Waals surface area (Å²) in [5, 5.41) is 8.74. The van der Waals surface area contributed by atoms with Gasteiger partial charge >= 0.3 is 0 Å². The fourth-order valence-electron chi connectivity index (χ4n) is 2.03. The number of aromatic nitrogens is 1. The van der Waals surface area contributed by atoms with Crippen LogP contribution in [0.25, 0.3) is 0 Å². The Bertz CT molecular complexity index is 749. The molecule has 0 fully saturated rings. The average molecular weight is 279 g/mol. The lowest BCUT2D eigenvalue weighted by Gasteiger charge is -2.07. The summed E-state index contributed by atoms with van der Waals surface area (Å²) >= 11 is 0. The Morgan fingerprint density at radius 1 is 1.19 bits per heavy atom. The third kappa shape index (κ3) is 3.61. The molecule has 0 saturated heterocycles. The number of nitrogens with two attached hydrogens (primary N) is 1. The third-order valence-corrected chi connectivity index (χ3v) is 3.31. The highest BCUT2D eigenvalue weighted by molar-refractivity contribution is 5.35. The Balaban J connectivity index is 2.02. The van der Waals surface area contributed by atoms with Gasteiger partial charge in [-0.05, 0) is 43.2 Å². The monoisotopic (exact) mass is 279 g/mol. The van der Waals surface area contributed by atoms with E-state index in [2.05, 4.69) is 6.07 Å². The molecule has 4 heteroatoms. The maximum atomic E-state index is 11.9. The highest BCUT2D eigenvalue weighted by atomic mass is 16.1. The molecular weight excluding hydrogens is 262 g/mol. The molecule has 0 amide bonds. The smallest absolute Gasteiger partial charge is 0.274 e. The zero-order valence-corrected chi connectivity index (χ0v) is 11.9. The molecule has 0 aliphatic heterocycles. The number of nitrogens with zero attached hydrogens (tertiary/aromatic N) is 2. The van der Waals surface area contributed by atoms with Gasteiger partial charge in [0.2, 0.25) is 0 Å². The number of nitrogen functional groups attached to an aromatic ring is 1. The van der Waals surface area contributed by atoms with Crippen molar-refractivity contribution in [3.05, 3.63) is 75.7 Å². The van der Waals surface area contributed by atoms with Gasteiger partial charge in [-0.15, -0.1) is 0 Å². The number of hydrogen-bond acceptors (Lipinski definition) is 3. The van der Waals surface area contributed by atoms with Crippen molar-refractivity contribution in [1.29, 1.82) is 5.26 Å². The van der Waals surface area contributed by atoms with Crippen LogP contribution in [0.1, 0.15) is 16.8 Å². The van der Waals surface area contributed by atoms with E-state index in [-0.39, 0.29) is 11.2 Å². The van der Waals surface area contributed by atoms with Crippen LogP contribution >= 0.6 is 0 Å². The van der Waals surface area contributed by atoms with Crippen molar-refractivity contribution in [2.75, 3.05) is 5.73 Å². The number of rotatable bonds is 4. The van der Waals surface area contributed by atoms with E-state index in [4.69, 9.17) is 11.0 Å². The van der Waals surface area contributed by atoms with Crippen LogP contribution in [0, 0.1) is 18.3 Å². The first-order valence-electron chi connectivity index (χ1n) is 6.72. The quantitative estimate of drug-likeness (QED) is 0.873. The third-order valence-electron chi connectivity index (χ3n) is 3.31. The first-order valence-corrected chi connectivity index (χ1v) is 6.72. The van der Waals surface area contributed by atoms with Crippen molar-refractivity contribution in [1.82, 2.24) is 4.57 Å². The molecule has 1 aromatic carbocycles. The summed E-state index contributed by atoms with van der Waals surface area (Å²) in [6.45, 7) is 2.39. The van der Waals surface area contributed by atoms with Gasteiger partial charge in [-0.1, -0.05) is 24.3 Å². The Kier molecular flexibility index (Phi) is 4.57. The molecule has 0 saturated carbocycles. The van der Waals surface area contributed by atoms with E-state index in [0.29, 0.717) is 12.1 Å². The Morgan fingerprint density at radius 3 is 2.57 bits per heavy atom. The summed E-state index contributed by atoms with van der Waals surface area (Å²) in [4.78, 5) is 11.9. The van der Waals surface area contributed by atoms with Crippen LogP contribution in [0.2, 0.25) is 0 Å². The number of nitriles is 1. The maximum absolute atomic E-state index is 11.9. The summed E-state index contributed by atoms with van der Waals surface area (Å²) in [6.07, 6.45) is 4.73. The van der Waals surface area contributed by atoms with Gasteiger partial charge in [0.25, 0.3) is 5.56 Å². The van der Waals surface area contributed by atoms with Crippen molar-refractivity contribution in [3.63, 3.8) is 0 Å². The molecular formula is C17H17N3O. The fourth-order valence-corrected chi connectivity index (χ4v) is 2.03. The van der Waals surface area contributed by atoms with E-state index in [0.717, 1.165) is 17.7 Å². The van der Waals surface area contributed by atoms with Crippen LogP contribution in [-0.4, -0.2) is 4.57 Å². The minimum absolute atomic E-state index is 0.155. The molecule has 2 rings (SSSR count). The second-order valence-corrected chi connectivity index (χ2v) is 4.83. The molecule has 0 bridgehead atoms. The van der Waals surface area contributed by atoms with Gasteiger partial charge in [-0.2, -0.15) is 5.26 Å². The van der Waals surface area contributed by atoms with E-state index in [1.54, 1.807) is 22.8 Å². The molecule has 0 aliphatic carbocycles. The van der Waals surface area contributed by atoms with E-state index >= 15 is 0 Å². The fraction of sp³-hybridized carbons (Fsp3) is 0.176. The van der Waals surface area contributed by atoms with E-state index in [1.165, 1.54) is 0 Å². The maximum Gasteiger partial charge on any atom is 0.274 e. The van der Waals surface area contributed by atoms with E-state index in [9.17, 15) is 4.79 Å². The minimum atomic E-state index is -0.155. The van der Waals surface area contributed by atoms with E-state index in [1.807, 2.05) is 37.3 Å². The number of allylic oxidation sites excluding steroid dienone is 2. The molecule has 0 unspecified atom stereocenters. The van der Waals surface area contributed by atoms with Crippen LogP contribution in [0.3, 0.4) is 0 Å². The molecule has 1 aromatic heterocycles. The molecule has 106 valence electrons. The molecule has 0 radical (unpaired) electrons. The molecule has 4 nitrogen and oxygen atoms in total. The Morgan fingerprint density at radius 2 is 1.90 bits per heavy atom. The number of anilines is 1. The summed E-state index contributed by atoms with van der Waals surface area (Å²) in [5.74, 6) is 0. The lowest BCUT2D eigenvalue weighted by Crippen LogP contribution is -2.23. The van der Waals surface area contributed by atoms with Crippen LogP contribution < -0.4 is 11.3 Å². The summed E-state index contributed by atoms with van der Waals surface area (Å²) < 4.78 is 1.64. The minimum Gasteiger partial charge on any atom is -0.394 e. The van der Waals surface area contributed by atoms with Gasteiger partial charge in [0.15, 0.2) is 0 Å². The van der Waals surface area contributed by atoms with Gasteiger partial charge in [-0.3, -0.25) is 4.79 Å². The molecule has 0 aliphatic rings. The average Bonchev–Trinajstić information content (AvgIpc) is 2.51. The summed E-state index contributed by atoms with van der Waals surface area (Å²) in [5.41, 5.74) is 8.41. The van der Waals surface area contributed by atoms with Gasteiger partial charge in [0.05, 0.1) is 17.3 Å². The van der Waals surface area contributed by atoms with Crippen molar-refractivity contribution in [2.45, 2.75) is 19.9 Å². The summed E-state index contributed by atoms with van der Waals surface area (Å²) in [6, 6.07) is 13.0. The van der Waals surface area contributed by atoms with Crippen molar-refractivity contribution < 1.29 is 0 Å². The highest BCUT2D eigenvalue weighted by Gasteiger charge is 2.01. The van der Waals surface area contributed by atoms with Gasteiger partial charge in [0, 0.05) is 12.2 Å². The van der Waals surface area contributed by atoms with Crippen LogP contribution in [0.15, 0.2) is 53.3 Å². The number of pyridine rings is 1. The molecule has 0 spiro atoms. The Hall–Kier alpha value is -2.80. The molecule has 2 N–H and O–H groups in total. The predicted molar refractivity (Wildman–Crippen MR) is 83.9 cm³/mol. The predicted octanol–water partition coefficient (Wildman–Crippen LogP) is 2.41. The summed E-state index contributed by atoms with van der Waals surface area (Å²) in [7, 11) is 0. The number of hydrogen-bond donors (Lipinski definition) is 1. The molecule has 2 aromatic rings. The van der Waals surface area contributed by atoms with Crippen molar-refractivity contribution >= 4 is 5.69 Å². The largest absolute Gasteiger partial charge is 0.394 e. The first kappa shape index (κ1) is 14.6. The van der Waals surface area contributed by atoms with Crippen LogP contribution in [-0.2, 0) is 13.0 Å². The topological polar surface area (TPSA) is 71.8 Å². The normalized spacial score (nSPS) is 10.7. The molecule has 1 heterocycles. The zero-order valence-electron chi connectivity index (χ0n) is 11.9. The number of aryl methyl sites for hydroxylation is 1.